The number of hydrogen-bond donors (Lipinski definition) is 2. The van der Waals surface area contributed by atoms with E-state index in [1.807, 2.05) is 0 Å². The first kappa shape index (κ1) is 14.3. The number of anilines is 1. The zero-order chi connectivity index (χ0) is 15.2. The molecule has 1 amide bonds. The molecule has 1 heterocycles. The third-order valence-corrected chi connectivity index (χ3v) is 2.50. The van der Waals surface area contributed by atoms with E-state index in [1.54, 1.807) is 24.3 Å². The van der Waals surface area contributed by atoms with Crippen molar-refractivity contribution in [1.29, 1.82) is 0 Å². The van der Waals surface area contributed by atoms with Crippen LogP contribution < -0.4 is 11.1 Å². The van der Waals surface area contributed by atoms with Gasteiger partial charge in [0.1, 0.15) is 4.92 Å². The van der Waals surface area contributed by atoms with Crippen molar-refractivity contribution < 1.29 is 14.1 Å². The molecular weight excluding hydrogens is 274 g/mol. The van der Waals surface area contributed by atoms with Crippen molar-refractivity contribution in [2.75, 3.05) is 11.9 Å². The van der Waals surface area contributed by atoms with E-state index in [2.05, 4.69) is 17.2 Å². The molecule has 0 aliphatic carbocycles. The highest BCUT2D eigenvalue weighted by Gasteiger charge is 2.17. The predicted molar refractivity (Wildman–Crippen MR) is 75.7 cm³/mol. The zero-order valence-corrected chi connectivity index (χ0v) is 10.8. The van der Waals surface area contributed by atoms with Crippen LogP contribution >= 0.6 is 0 Å². The van der Waals surface area contributed by atoms with E-state index in [4.69, 9.17) is 10.2 Å². The van der Waals surface area contributed by atoms with E-state index in [0.717, 1.165) is 6.07 Å². The van der Waals surface area contributed by atoms with Crippen molar-refractivity contribution >= 4 is 17.5 Å². The zero-order valence-electron chi connectivity index (χ0n) is 10.8. The van der Waals surface area contributed by atoms with Crippen LogP contribution in [0, 0.1) is 22.0 Å². The summed E-state index contributed by atoms with van der Waals surface area (Å²) in [6.07, 6.45) is 0. The van der Waals surface area contributed by atoms with Crippen LogP contribution in [0.2, 0.25) is 0 Å². The minimum atomic E-state index is -0.711. The van der Waals surface area contributed by atoms with Crippen LogP contribution in [0.5, 0.6) is 0 Å². The van der Waals surface area contributed by atoms with Gasteiger partial charge in [-0.15, -0.1) is 0 Å². The highest BCUT2D eigenvalue weighted by Crippen LogP contribution is 2.19. The Labute approximate surface area is 119 Å². The largest absolute Gasteiger partial charge is 0.433 e. The van der Waals surface area contributed by atoms with Gasteiger partial charge < -0.3 is 15.5 Å². The number of nitrogens with two attached hydrogens (primary N) is 1. The molecule has 0 aliphatic rings. The smallest absolute Gasteiger partial charge is 0.395 e. The van der Waals surface area contributed by atoms with Crippen LogP contribution in [0.1, 0.15) is 16.1 Å². The number of nitrogens with one attached hydrogen (secondary N) is 1. The average molecular weight is 285 g/mol. The lowest BCUT2D eigenvalue weighted by atomic mass is 10.2. The summed E-state index contributed by atoms with van der Waals surface area (Å²) in [5.74, 6) is 4.28. The summed E-state index contributed by atoms with van der Waals surface area (Å²) in [6, 6.07) is 9.25. The molecule has 106 valence electrons. The lowest BCUT2D eigenvalue weighted by Crippen LogP contribution is -2.12. The molecule has 0 spiro atoms. The van der Waals surface area contributed by atoms with Crippen molar-refractivity contribution in [2.45, 2.75) is 0 Å². The van der Waals surface area contributed by atoms with Gasteiger partial charge in [0.25, 0.3) is 5.91 Å². The van der Waals surface area contributed by atoms with Crippen molar-refractivity contribution in [1.82, 2.24) is 0 Å². The monoisotopic (exact) mass is 285 g/mol. The Kier molecular flexibility index (Phi) is 4.33. The number of carbonyl (C=O) groups is 1. The lowest BCUT2D eigenvalue weighted by Gasteiger charge is -2.05. The molecule has 2 aromatic rings. The predicted octanol–water partition coefficient (Wildman–Crippen LogP) is 1.75. The molecule has 0 saturated carbocycles. The fourth-order valence-electron chi connectivity index (χ4n) is 1.58. The van der Waals surface area contributed by atoms with Crippen LogP contribution in [-0.4, -0.2) is 17.4 Å². The summed E-state index contributed by atoms with van der Waals surface area (Å²) in [6.45, 7) is 0.201. The highest BCUT2D eigenvalue weighted by atomic mass is 16.6. The van der Waals surface area contributed by atoms with Gasteiger partial charge >= 0.3 is 5.88 Å². The Hall–Kier alpha value is -3.11. The van der Waals surface area contributed by atoms with E-state index >= 15 is 0 Å². The summed E-state index contributed by atoms with van der Waals surface area (Å²) in [5, 5.41) is 13.1. The average Bonchev–Trinajstić information content (AvgIpc) is 2.96. The Morgan fingerprint density at radius 1 is 1.33 bits per heavy atom. The molecule has 21 heavy (non-hydrogen) atoms. The number of furan rings is 1. The molecule has 7 heteroatoms. The molecular formula is C14H11N3O4. The number of para-hydroxylation sites is 1. The Balaban J connectivity index is 2.21. The fraction of sp³-hybridized carbons (Fsp3) is 0.0714. The number of carbonyl (C=O) groups excluding carboxylic acids is 1. The standard InChI is InChI=1S/C14H11N3O4/c15-9-3-5-10-4-1-2-6-11(10)16-14(18)12-7-8-13(21-12)17(19)20/h1-2,4,6-8H,9,15H2,(H,16,18). The minimum absolute atomic E-state index is 0.150. The van der Waals surface area contributed by atoms with Crippen molar-refractivity contribution in [3.8, 4) is 11.8 Å². The topological polar surface area (TPSA) is 111 Å². The Morgan fingerprint density at radius 2 is 2.10 bits per heavy atom. The summed E-state index contributed by atoms with van der Waals surface area (Å²) in [4.78, 5) is 21.8. The van der Waals surface area contributed by atoms with Gasteiger partial charge in [-0.2, -0.15) is 0 Å². The number of benzene rings is 1. The molecule has 0 atom stereocenters. The second kappa shape index (κ2) is 6.36. The summed E-state index contributed by atoms with van der Waals surface area (Å²) < 4.78 is 4.83. The number of rotatable bonds is 3. The van der Waals surface area contributed by atoms with Gasteiger partial charge in [0.05, 0.1) is 18.3 Å². The van der Waals surface area contributed by atoms with E-state index in [1.165, 1.54) is 6.07 Å². The molecule has 0 bridgehead atoms. The molecule has 0 saturated heterocycles. The lowest BCUT2D eigenvalue weighted by molar-refractivity contribution is -0.402. The normalized spacial score (nSPS) is 9.57. The molecule has 1 aromatic heterocycles. The van der Waals surface area contributed by atoms with E-state index in [9.17, 15) is 14.9 Å². The SMILES string of the molecule is NCC#Cc1ccccc1NC(=O)c1ccc([N+](=O)[O-])o1. The Morgan fingerprint density at radius 3 is 2.76 bits per heavy atom. The first-order chi connectivity index (χ1) is 10.1. The molecule has 7 nitrogen and oxygen atoms in total. The van der Waals surface area contributed by atoms with Gasteiger partial charge in [0, 0.05) is 5.56 Å². The van der Waals surface area contributed by atoms with Crippen molar-refractivity contribution in [2.24, 2.45) is 5.73 Å². The Bertz CT molecular complexity index is 740. The molecule has 0 radical (unpaired) electrons. The third-order valence-electron chi connectivity index (χ3n) is 2.50. The second-order valence-electron chi connectivity index (χ2n) is 3.90. The quantitative estimate of drug-likeness (QED) is 0.507. The first-order valence-electron chi connectivity index (χ1n) is 5.95. The highest BCUT2D eigenvalue weighted by molar-refractivity contribution is 6.03. The minimum Gasteiger partial charge on any atom is -0.395 e. The van der Waals surface area contributed by atoms with Crippen molar-refractivity contribution in [3.05, 3.63) is 57.8 Å². The van der Waals surface area contributed by atoms with E-state index in [-0.39, 0.29) is 12.3 Å². The maximum atomic E-state index is 12.0. The maximum Gasteiger partial charge on any atom is 0.433 e. The maximum absolute atomic E-state index is 12.0. The summed E-state index contributed by atoms with van der Waals surface area (Å²) in [7, 11) is 0. The van der Waals surface area contributed by atoms with Crippen LogP contribution in [0.25, 0.3) is 0 Å². The van der Waals surface area contributed by atoms with Crippen LogP contribution in [0.3, 0.4) is 0 Å². The number of nitrogens with zero attached hydrogens (tertiary/aromatic N) is 1. The molecule has 0 fully saturated rings. The van der Waals surface area contributed by atoms with Crippen LogP contribution in [0.4, 0.5) is 11.6 Å². The molecule has 2 rings (SSSR count). The van der Waals surface area contributed by atoms with Crippen molar-refractivity contribution in [3.63, 3.8) is 0 Å². The molecule has 0 aliphatic heterocycles. The summed E-state index contributed by atoms with van der Waals surface area (Å²) >= 11 is 0. The van der Waals surface area contributed by atoms with Gasteiger partial charge in [0.15, 0.2) is 5.76 Å². The van der Waals surface area contributed by atoms with Gasteiger partial charge in [-0.1, -0.05) is 24.0 Å². The number of hydrogen-bond acceptors (Lipinski definition) is 5. The molecule has 3 N–H and O–H groups in total. The third kappa shape index (κ3) is 3.46. The van der Waals surface area contributed by atoms with Gasteiger partial charge in [-0.3, -0.25) is 14.9 Å². The fourth-order valence-corrected chi connectivity index (χ4v) is 1.58. The van der Waals surface area contributed by atoms with Crippen LogP contribution in [-0.2, 0) is 0 Å². The molecule has 0 unspecified atom stereocenters. The van der Waals surface area contributed by atoms with Gasteiger partial charge in [0.2, 0.25) is 0 Å². The second-order valence-corrected chi connectivity index (χ2v) is 3.90. The first-order valence-corrected chi connectivity index (χ1v) is 5.95. The number of amides is 1. The van der Waals surface area contributed by atoms with E-state index in [0.29, 0.717) is 11.3 Å². The van der Waals surface area contributed by atoms with E-state index < -0.39 is 16.7 Å². The summed E-state index contributed by atoms with van der Waals surface area (Å²) in [5.41, 5.74) is 6.38. The molecule has 1 aromatic carbocycles. The van der Waals surface area contributed by atoms with Gasteiger partial charge in [-0.05, 0) is 18.2 Å². The van der Waals surface area contributed by atoms with Crippen LogP contribution in [0.15, 0.2) is 40.8 Å². The van der Waals surface area contributed by atoms with Gasteiger partial charge in [-0.25, -0.2) is 0 Å². The number of nitro groups is 1.